The fourth-order valence-electron chi connectivity index (χ4n) is 1.88. The van der Waals surface area contributed by atoms with Gasteiger partial charge in [-0.1, -0.05) is 20.3 Å². The van der Waals surface area contributed by atoms with Gasteiger partial charge in [0, 0.05) is 4.88 Å². The number of nitrogens with one attached hydrogen (secondary N) is 2. The third-order valence-electron chi connectivity index (χ3n) is 2.86. The van der Waals surface area contributed by atoms with Crippen LogP contribution in [0.4, 0.5) is 0 Å². The third-order valence-corrected chi connectivity index (χ3v) is 4.10. The second-order valence-electron chi connectivity index (χ2n) is 4.28. The Bertz CT molecular complexity index is 533. The molecule has 0 atom stereocenters. The van der Waals surface area contributed by atoms with Crippen LogP contribution in [0.3, 0.4) is 0 Å². The maximum absolute atomic E-state index is 12.1. The van der Waals surface area contributed by atoms with Crippen molar-refractivity contribution in [2.75, 3.05) is 0 Å². The first-order chi connectivity index (χ1) is 9.24. The quantitative estimate of drug-likeness (QED) is 0.852. The molecular weight excluding hydrogens is 260 g/mol. The maximum atomic E-state index is 12.1. The van der Waals surface area contributed by atoms with Gasteiger partial charge >= 0.3 is 0 Å². The highest BCUT2D eigenvalue weighted by Crippen LogP contribution is 2.24. The summed E-state index contributed by atoms with van der Waals surface area (Å²) in [5.74, 6) is 0.618. The van der Waals surface area contributed by atoms with E-state index in [1.165, 1.54) is 16.8 Å². The molecule has 0 saturated carbocycles. The molecule has 0 fully saturated rings. The summed E-state index contributed by atoms with van der Waals surface area (Å²) in [6.07, 6.45) is 4.55. The zero-order valence-electron chi connectivity index (χ0n) is 11.2. The average molecular weight is 278 g/mol. The molecule has 2 rings (SSSR count). The molecule has 0 aliphatic rings. The number of thiophene rings is 1. The molecule has 19 heavy (non-hydrogen) atoms. The number of rotatable bonds is 6. The Balaban J connectivity index is 2.02. The largest absolute Gasteiger partial charge is 0.344 e. The number of aromatic nitrogens is 3. The monoisotopic (exact) mass is 278 g/mol. The van der Waals surface area contributed by atoms with Crippen molar-refractivity contribution in [1.29, 1.82) is 0 Å². The lowest BCUT2D eigenvalue weighted by Crippen LogP contribution is -2.22. The van der Waals surface area contributed by atoms with Crippen molar-refractivity contribution >= 4 is 17.2 Å². The van der Waals surface area contributed by atoms with Crippen LogP contribution in [-0.4, -0.2) is 21.1 Å². The average Bonchev–Trinajstić information content (AvgIpc) is 3.05. The fraction of sp³-hybridized carbons (Fsp3) is 0.462. The van der Waals surface area contributed by atoms with E-state index in [9.17, 15) is 4.79 Å². The molecule has 0 spiro atoms. The second kappa shape index (κ2) is 6.47. The van der Waals surface area contributed by atoms with Crippen LogP contribution in [0.15, 0.2) is 12.4 Å². The summed E-state index contributed by atoms with van der Waals surface area (Å²) < 4.78 is 0. The SMILES string of the molecule is CCCc1sc(C(=O)NCc2ncn[nH]2)cc1CC. The van der Waals surface area contributed by atoms with Crippen LogP contribution in [0, 0.1) is 0 Å². The van der Waals surface area contributed by atoms with Gasteiger partial charge in [0.05, 0.1) is 11.4 Å². The first-order valence-corrected chi connectivity index (χ1v) is 7.30. The number of H-pyrrole nitrogens is 1. The number of nitrogens with zero attached hydrogens (tertiary/aromatic N) is 2. The first kappa shape index (κ1) is 13.7. The molecule has 0 aliphatic heterocycles. The number of hydrogen-bond donors (Lipinski definition) is 2. The van der Waals surface area contributed by atoms with Gasteiger partial charge in [-0.3, -0.25) is 9.89 Å². The van der Waals surface area contributed by atoms with Crippen molar-refractivity contribution in [3.63, 3.8) is 0 Å². The molecule has 0 radical (unpaired) electrons. The van der Waals surface area contributed by atoms with E-state index in [0.717, 1.165) is 24.1 Å². The van der Waals surface area contributed by atoms with E-state index in [4.69, 9.17) is 0 Å². The molecule has 2 aromatic heterocycles. The summed E-state index contributed by atoms with van der Waals surface area (Å²) in [5, 5.41) is 9.31. The Morgan fingerprint density at radius 3 is 2.95 bits per heavy atom. The highest BCUT2D eigenvalue weighted by atomic mass is 32.1. The van der Waals surface area contributed by atoms with Crippen molar-refractivity contribution < 1.29 is 4.79 Å². The molecule has 5 nitrogen and oxygen atoms in total. The molecule has 6 heteroatoms. The molecule has 0 aliphatic carbocycles. The van der Waals surface area contributed by atoms with E-state index >= 15 is 0 Å². The molecule has 102 valence electrons. The van der Waals surface area contributed by atoms with Crippen LogP contribution in [0.25, 0.3) is 0 Å². The number of aromatic amines is 1. The maximum Gasteiger partial charge on any atom is 0.261 e. The van der Waals surface area contributed by atoms with Gasteiger partial charge in [0.15, 0.2) is 0 Å². The van der Waals surface area contributed by atoms with E-state index in [2.05, 4.69) is 34.3 Å². The normalized spacial score (nSPS) is 10.6. The van der Waals surface area contributed by atoms with Crippen molar-refractivity contribution in [3.05, 3.63) is 33.5 Å². The lowest BCUT2D eigenvalue weighted by atomic mass is 10.1. The Morgan fingerprint density at radius 2 is 2.32 bits per heavy atom. The molecule has 1 amide bonds. The van der Waals surface area contributed by atoms with Crippen molar-refractivity contribution in [3.8, 4) is 0 Å². The topological polar surface area (TPSA) is 70.7 Å². The van der Waals surface area contributed by atoms with Gasteiger partial charge < -0.3 is 5.32 Å². The Hall–Kier alpha value is -1.69. The number of carbonyl (C=O) groups is 1. The van der Waals surface area contributed by atoms with Gasteiger partial charge in [0.25, 0.3) is 5.91 Å². The van der Waals surface area contributed by atoms with E-state index < -0.39 is 0 Å². The van der Waals surface area contributed by atoms with Crippen LogP contribution in [0.5, 0.6) is 0 Å². The van der Waals surface area contributed by atoms with Crippen molar-refractivity contribution in [2.45, 2.75) is 39.7 Å². The molecular formula is C13H18N4OS. The summed E-state index contributed by atoms with van der Waals surface area (Å²) in [7, 11) is 0. The first-order valence-electron chi connectivity index (χ1n) is 6.48. The summed E-state index contributed by atoms with van der Waals surface area (Å²) in [6, 6.07) is 2.01. The van der Waals surface area contributed by atoms with E-state index in [-0.39, 0.29) is 5.91 Å². The van der Waals surface area contributed by atoms with Gasteiger partial charge in [-0.25, -0.2) is 4.98 Å². The molecule has 0 saturated heterocycles. The van der Waals surface area contributed by atoms with Gasteiger partial charge in [-0.15, -0.1) is 11.3 Å². The Morgan fingerprint density at radius 1 is 1.47 bits per heavy atom. The number of aryl methyl sites for hydroxylation is 2. The summed E-state index contributed by atoms with van der Waals surface area (Å²) in [5.41, 5.74) is 1.29. The van der Waals surface area contributed by atoms with Gasteiger partial charge in [0.2, 0.25) is 0 Å². The summed E-state index contributed by atoms with van der Waals surface area (Å²) in [4.78, 5) is 18.1. The molecule has 0 bridgehead atoms. The predicted molar refractivity (Wildman–Crippen MR) is 75.2 cm³/mol. The summed E-state index contributed by atoms with van der Waals surface area (Å²) in [6.45, 7) is 4.65. The molecule has 2 aromatic rings. The van der Waals surface area contributed by atoms with Gasteiger partial charge in [-0.05, 0) is 24.5 Å². The zero-order chi connectivity index (χ0) is 13.7. The number of carbonyl (C=O) groups excluding carboxylic acids is 1. The zero-order valence-corrected chi connectivity index (χ0v) is 12.0. The van der Waals surface area contributed by atoms with E-state index in [1.807, 2.05) is 6.07 Å². The third kappa shape index (κ3) is 3.41. The Kier molecular flexibility index (Phi) is 4.68. The lowest BCUT2D eigenvalue weighted by molar-refractivity contribution is 0.0954. The summed E-state index contributed by atoms with van der Waals surface area (Å²) >= 11 is 1.60. The predicted octanol–water partition coefficient (Wildman–Crippen LogP) is 2.31. The minimum atomic E-state index is -0.0431. The van der Waals surface area contributed by atoms with Gasteiger partial charge in [-0.2, -0.15) is 5.10 Å². The second-order valence-corrected chi connectivity index (χ2v) is 5.41. The van der Waals surface area contributed by atoms with Crippen molar-refractivity contribution in [1.82, 2.24) is 20.5 Å². The smallest absolute Gasteiger partial charge is 0.261 e. The fourth-order valence-corrected chi connectivity index (χ4v) is 3.16. The van der Waals surface area contributed by atoms with E-state index in [1.54, 1.807) is 11.3 Å². The van der Waals surface area contributed by atoms with Crippen LogP contribution in [0.2, 0.25) is 0 Å². The highest BCUT2D eigenvalue weighted by molar-refractivity contribution is 7.14. The van der Waals surface area contributed by atoms with Crippen LogP contribution < -0.4 is 5.32 Å². The minimum Gasteiger partial charge on any atom is -0.344 e. The molecule has 0 unspecified atom stereocenters. The van der Waals surface area contributed by atoms with Crippen LogP contribution in [0.1, 0.15) is 46.2 Å². The number of amides is 1. The minimum absolute atomic E-state index is 0.0431. The van der Waals surface area contributed by atoms with Crippen molar-refractivity contribution in [2.24, 2.45) is 0 Å². The molecule has 0 aromatic carbocycles. The highest BCUT2D eigenvalue weighted by Gasteiger charge is 2.13. The van der Waals surface area contributed by atoms with E-state index in [0.29, 0.717) is 12.4 Å². The van der Waals surface area contributed by atoms with Crippen LogP contribution >= 0.6 is 11.3 Å². The number of hydrogen-bond acceptors (Lipinski definition) is 4. The molecule has 2 N–H and O–H groups in total. The van der Waals surface area contributed by atoms with Gasteiger partial charge in [0.1, 0.15) is 12.2 Å². The van der Waals surface area contributed by atoms with Crippen LogP contribution in [-0.2, 0) is 19.4 Å². The standard InChI is InChI=1S/C13H18N4OS/c1-3-5-10-9(4-2)6-11(19-10)13(18)14-7-12-15-8-16-17-12/h6,8H,3-5,7H2,1-2H3,(H,14,18)(H,15,16,17). The Labute approximate surface area is 116 Å². The lowest BCUT2D eigenvalue weighted by Gasteiger charge is -1.99. The molecule has 2 heterocycles.